The van der Waals surface area contributed by atoms with Crippen LogP contribution in [-0.4, -0.2) is 11.1 Å². The first kappa shape index (κ1) is 10.1. The van der Waals surface area contributed by atoms with E-state index in [9.17, 15) is 4.79 Å². The third kappa shape index (κ3) is 2.45. The van der Waals surface area contributed by atoms with Crippen LogP contribution in [0.2, 0.25) is 0 Å². The first-order valence-electron chi connectivity index (χ1n) is 3.81. The third-order valence-electron chi connectivity index (χ3n) is 1.79. The van der Waals surface area contributed by atoms with Gasteiger partial charge in [-0.3, -0.25) is 0 Å². The first-order valence-corrected chi connectivity index (χ1v) is 4.79. The standard InChI is InChI=1S/C9H10NO2S/c1-7(9(11)12)10-5-3-8(13-2)4-6-10/h3-7H,2H2,1H3/p+1. The Hall–Kier alpha value is -1.03. The number of carbonyl (C=O) groups is 1. The molecule has 1 atom stereocenters. The molecule has 1 rings (SSSR count). The fourth-order valence-corrected chi connectivity index (χ4v) is 1.22. The normalized spacial score (nSPS) is 12.5. The van der Waals surface area contributed by atoms with Crippen LogP contribution in [0.15, 0.2) is 29.4 Å². The number of rotatable bonds is 3. The van der Waals surface area contributed by atoms with Crippen molar-refractivity contribution in [2.75, 3.05) is 0 Å². The molecular weight excluding hydrogens is 186 g/mol. The summed E-state index contributed by atoms with van der Waals surface area (Å²) in [5, 5.41) is 8.72. The molecular formula is C9H11NO2S+. The zero-order valence-corrected chi connectivity index (χ0v) is 8.12. The molecule has 0 fully saturated rings. The van der Waals surface area contributed by atoms with E-state index in [1.165, 1.54) is 11.8 Å². The lowest BCUT2D eigenvalue weighted by atomic mass is 10.3. The van der Waals surface area contributed by atoms with E-state index in [2.05, 4.69) is 6.26 Å². The molecule has 0 amide bonds. The monoisotopic (exact) mass is 197 g/mol. The fraction of sp³-hybridized carbons (Fsp3) is 0.222. The molecule has 0 bridgehead atoms. The molecule has 0 saturated carbocycles. The summed E-state index contributed by atoms with van der Waals surface area (Å²) in [5.74, 6) is -0.833. The number of hydrogen-bond acceptors (Lipinski definition) is 2. The predicted molar refractivity (Wildman–Crippen MR) is 50.2 cm³/mol. The Morgan fingerprint density at radius 3 is 2.54 bits per heavy atom. The van der Waals surface area contributed by atoms with Crippen LogP contribution in [0, 0.1) is 6.26 Å². The van der Waals surface area contributed by atoms with E-state index >= 15 is 0 Å². The summed E-state index contributed by atoms with van der Waals surface area (Å²) in [7, 11) is 0. The Bertz CT molecular complexity index is 297. The predicted octanol–water partition coefficient (Wildman–Crippen LogP) is 1.50. The Morgan fingerprint density at radius 2 is 2.15 bits per heavy atom. The van der Waals surface area contributed by atoms with Crippen molar-refractivity contribution in [3.8, 4) is 0 Å². The molecule has 0 saturated heterocycles. The van der Waals surface area contributed by atoms with Crippen LogP contribution in [0.5, 0.6) is 0 Å². The molecule has 1 aromatic heterocycles. The molecule has 4 heteroatoms. The Morgan fingerprint density at radius 1 is 1.62 bits per heavy atom. The van der Waals surface area contributed by atoms with Crippen LogP contribution in [0.3, 0.4) is 0 Å². The molecule has 0 aromatic carbocycles. The van der Waals surface area contributed by atoms with Crippen molar-refractivity contribution < 1.29 is 14.5 Å². The van der Waals surface area contributed by atoms with E-state index in [4.69, 9.17) is 5.11 Å². The van der Waals surface area contributed by atoms with Crippen molar-refractivity contribution >= 4 is 17.7 Å². The van der Waals surface area contributed by atoms with E-state index in [0.717, 1.165) is 4.90 Å². The average molecular weight is 197 g/mol. The maximum absolute atomic E-state index is 10.6. The summed E-state index contributed by atoms with van der Waals surface area (Å²) in [6.07, 6.45) is 7.14. The number of thioether (sulfide) groups is 1. The number of hydrogen-bond donors (Lipinski definition) is 1. The van der Waals surface area contributed by atoms with E-state index in [1.807, 2.05) is 12.1 Å². The molecule has 1 aromatic rings. The summed E-state index contributed by atoms with van der Waals surface area (Å²) < 4.78 is 1.64. The molecule has 0 aliphatic rings. The lowest BCUT2D eigenvalue weighted by Crippen LogP contribution is -2.41. The van der Waals surface area contributed by atoms with Gasteiger partial charge in [0.1, 0.15) is 0 Å². The van der Waals surface area contributed by atoms with E-state index in [-0.39, 0.29) is 0 Å². The third-order valence-corrected chi connectivity index (χ3v) is 2.40. The van der Waals surface area contributed by atoms with Gasteiger partial charge in [0.2, 0.25) is 0 Å². The van der Waals surface area contributed by atoms with Crippen molar-refractivity contribution in [3.63, 3.8) is 0 Å². The van der Waals surface area contributed by atoms with Gasteiger partial charge >= 0.3 is 5.97 Å². The van der Waals surface area contributed by atoms with Gasteiger partial charge in [-0.05, 0) is 0 Å². The molecule has 0 spiro atoms. The van der Waals surface area contributed by atoms with E-state index in [0.29, 0.717) is 0 Å². The maximum Gasteiger partial charge on any atom is 0.373 e. The van der Waals surface area contributed by atoms with Gasteiger partial charge in [-0.25, -0.2) is 4.79 Å². The molecule has 69 valence electrons. The van der Waals surface area contributed by atoms with Gasteiger partial charge in [-0.1, -0.05) is 0 Å². The van der Waals surface area contributed by atoms with Gasteiger partial charge in [0, 0.05) is 30.2 Å². The van der Waals surface area contributed by atoms with Crippen molar-refractivity contribution in [2.24, 2.45) is 0 Å². The first-order chi connectivity index (χ1) is 6.15. The second-order valence-corrected chi connectivity index (χ2v) is 3.40. The minimum atomic E-state index is -0.833. The fourth-order valence-electron chi connectivity index (χ4n) is 0.906. The number of nitrogens with zero attached hydrogens (tertiary/aromatic N) is 1. The van der Waals surface area contributed by atoms with Crippen LogP contribution in [0.4, 0.5) is 0 Å². The SMILES string of the molecule is [CH2]Sc1cc[n+](C(C)C(=O)O)cc1. The van der Waals surface area contributed by atoms with Gasteiger partial charge in [0.25, 0.3) is 6.04 Å². The minimum absolute atomic E-state index is 0.524. The highest BCUT2D eigenvalue weighted by atomic mass is 32.2. The lowest BCUT2D eigenvalue weighted by Gasteiger charge is -2.01. The maximum atomic E-state index is 10.6. The van der Waals surface area contributed by atoms with Gasteiger partial charge in [0.05, 0.1) is 0 Å². The number of pyridine rings is 1. The van der Waals surface area contributed by atoms with Crippen LogP contribution in [-0.2, 0) is 4.79 Å². The van der Waals surface area contributed by atoms with Gasteiger partial charge in [-0.15, -0.1) is 11.8 Å². The van der Waals surface area contributed by atoms with Crippen molar-refractivity contribution in [1.82, 2.24) is 0 Å². The highest BCUT2D eigenvalue weighted by molar-refractivity contribution is 8.00. The molecule has 1 heterocycles. The zero-order chi connectivity index (χ0) is 9.84. The Balaban J connectivity index is 2.85. The van der Waals surface area contributed by atoms with Crippen molar-refractivity contribution in [2.45, 2.75) is 17.9 Å². The molecule has 0 aliphatic heterocycles. The second kappa shape index (κ2) is 4.28. The number of aliphatic carboxylic acids is 1. The minimum Gasteiger partial charge on any atom is -0.476 e. The van der Waals surface area contributed by atoms with E-state index < -0.39 is 12.0 Å². The van der Waals surface area contributed by atoms with Crippen LogP contribution < -0.4 is 4.57 Å². The number of aromatic nitrogens is 1. The Labute approximate surface area is 81.4 Å². The Kier molecular flexibility index (Phi) is 3.31. The quantitative estimate of drug-likeness (QED) is 0.589. The molecule has 3 nitrogen and oxygen atoms in total. The molecule has 13 heavy (non-hydrogen) atoms. The van der Waals surface area contributed by atoms with Gasteiger partial charge in [0.15, 0.2) is 12.4 Å². The summed E-state index contributed by atoms with van der Waals surface area (Å²) in [4.78, 5) is 11.6. The number of carboxylic acids is 1. The topological polar surface area (TPSA) is 41.2 Å². The van der Waals surface area contributed by atoms with Crippen LogP contribution >= 0.6 is 11.8 Å². The van der Waals surface area contributed by atoms with Crippen molar-refractivity contribution in [1.29, 1.82) is 0 Å². The lowest BCUT2D eigenvalue weighted by molar-refractivity contribution is -0.707. The van der Waals surface area contributed by atoms with E-state index in [1.54, 1.807) is 23.9 Å². The highest BCUT2D eigenvalue weighted by Gasteiger charge is 2.19. The number of carboxylic acid groups (broad SMARTS) is 1. The van der Waals surface area contributed by atoms with Gasteiger partial charge < -0.3 is 5.11 Å². The summed E-state index contributed by atoms with van der Waals surface area (Å²) in [6, 6.07) is 3.16. The van der Waals surface area contributed by atoms with Crippen molar-refractivity contribution in [3.05, 3.63) is 30.8 Å². The van der Waals surface area contributed by atoms with Crippen LogP contribution in [0.25, 0.3) is 0 Å². The highest BCUT2D eigenvalue weighted by Crippen LogP contribution is 2.12. The summed E-state index contributed by atoms with van der Waals surface area (Å²) >= 11 is 1.39. The summed E-state index contributed by atoms with van der Waals surface area (Å²) in [6.45, 7) is 1.64. The second-order valence-electron chi connectivity index (χ2n) is 2.64. The zero-order valence-electron chi connectivity index (χ0n) is 7.30. The molecule has 0 aliphatic carbocycles. The molecule has 1 N–H and O–H groups in total. The van der Waals surface area contributed by atoms with Gasteiger partial charge in [-0.2, -0.15) is 4.57 Å². The molecule has 1 radical (unpaired) electrons. The summed E-state index contributed by atoms with van der Waals surface area (Å²) in [5.41, 5.74) is 0. The largest absolute Gasteiger partial charge is 0.476 e. The van der Waals surface area contributed by atoms with Crippen LogP contribution in [0.1, 0.15) is 13.0 Å². The smallest absolute Gasteiger partial charge is 0.373 e. The molecule has 1 unspecified atom stereocenters. The average Bonchev–Trinajstić information content (AvgIpc) is 2.17.